The number of ether oxygens (including phenoxy) is 1. The van der Waals surface area contributed by atoms with E-state index in [0.29, 0.717) is 12.3 Å². The van der Waals surface area contributed by atoms with Gasteiger partial charge in [-0.25, -0.2) is 4.98 Å². The van der Waals surface area contributed by atoms with Crippen molar-refractivity contribution in [3.8, 4) is 11.6 Å². The van der Waals surface area contributed by atoms with Gasteiger partial charge in [0.2, 0.25) is 5.88 Å². The molecule has 0 amide bonds. The Hall–Kier alpha value is -1.38. The Morgan fingerprint density at radius 2 is 1.67 bits per heavy atom. The van der Waals surface area contributed by atoms with Crippen molar-refractivity contribution in [3.05, 3.63) is 17.3 Å². The summed E-state index contributed by atoms with van der Waals surface area (Å²) in [6.45, 7) is 0. The van der Waals surface area contributed by atoms with E-state index in [1.807, 2.05) is 0 Å². The Balaban J connectivity index is 3.05. The van der Waals surface area contributed by atoms with E-state index in [1.54, 1.807) is 0 Å². The van der Waals surface area contributed by atoms with Gasteiger partial charge in [0.05, 0.1) is 6.20 Å². The van der Waals surface area contributed by atoms with E-state index in [4.69, 9.17) is 16.7 Å². The molecule has 0 unspecified atom stereocenters. The molecule has 1 aromatic rings. The van der Waals surface area contributed by atoms with Gasteiger partial charge in [-0.15, -0.1) is 0 Å². The number of hydrogen-bond donors (Lipinski definition) is 1. The molecule has 0 saturated heterocycles. The van der Waals surface area contributed by atoms with Crippen molar-refractivity contribution in [1.82, 2.24) is 4.98 Å². The normalized spacial score (nSPS) is 12.9. The average molecular weight is 296 g/mol. The highest BCUT2D eigenvalue weighted by atomic mass is 35.5. The maximum absolute atomic E-state index is 12.1. The molecule has 102 valence electrons. The van der Waals surface area contributed by atoms with Crippen molar-refractivity contribution in [2.24, 2.45) is 0 Å². The van der Waals surface area contributed by atoms with E-state index < -0.39 is 35.1 Å². The highest BCUT2D eigenvalue weighted by Gasteiger charge is 2.59. The van der Waals surface area contributed by atoms with Crippen LogP contribution in [0.2, 0.25) is 5.02 Å². The minimum absolute atomic E-state index is 0.525. The summed E-state index contributed by atoms with van der Waals surface area (Å²) in [7, 11) is 0. The van der Waals surface area contributed by atoms with Gasteiger partial charge in [-0.05, 0) is 0 Å². The molecule has 0 aromatic carbocycles. The summed E-state index contributed by atoms with van der Waals surface area (Å²) in [6.07, 6.45) is -14.8. The molecule has 0 aliphatic carbocycles. The second kappa shape index (κ2) is 4.71. The van der Waals surface area contributed by atoms with Crippen LogP contribution in [0.25, 0.3) is 0 Å². The van der Waals surface area contributed by atoms with Crippen LogP contribution >= 0.6 is 11.6 Å². The monoisotopic (exact) mass is 295 g/mol. The number of pyridine rings is 1. The second-order valence-electron chi connectivity index (χ2n) is 3.06. The van der Waals surface area contributed by atoms with Crippen LogP contribution < -0.4 is 4.74 Å². The van der Waals surface area contributed by atoms with Gasteiger partial charge < -0.3 is 9.84 Å². The van der Waals surface area contributed by atoms with Gasteiger partial charge in [0, 0.05) is 6.07 Å². The van der Waals surface area contributed by atoms with E-state index in [-0.39, 0.29) is 0 Å². The largest absolute Gasteiger partial charge is 0.506 e. The molecular formula is C8H4ClF6NO2. The third-order valence-electron chi connectivity index (χ3n) is 1.62. The van der Waals surface area contributed by atoms with Crippen molar-refractivity contribution in [2.45, 2.75) is 18.5 Å². The summed E-state index contributed by atoms with van der Waals surface area (Å²) < 4.78 is 76.6. The van der Waals surface area contributed by atoms with E-state index in [1.165, 1.54) is 0 Å². The molecule has 0 atom stereocenters. The molecule has 0 saturated carbocycles. The molecule has 0 radical (unpaired) electrons. The smallest absolute Gasteiger partial charge is 0.434 e. The van der Waals surface area contributed by atoms with Crippen LogP contribution in [-0.4, -0.2) is 28.5 Å². The van der Waals surface area contributed by atoms with Crippen LogP contribution in [0.5, 0.6) is 11.6 Å². The maximum Gasteiger partial charge on any atom is 0.434 e. The molecule has 1 aromatic heterocycles. The van der Waals surface area contributed by atoms with Crippen molar-refractivity contribution in [2.75, 3.05) is 0 Å². The van der Waals surface area contributed by atoms with Crippen molar-refractivity contribution in [1.29, 1.82) is 0 Å². The van der Waals surface area contributed by atoms with Crippen LogP contribution in [0.15, 0.2) is 12.3 Å². The van der Waals surface area contributed by atoms with Crippen LogP contribution in [0.1, 0.15) is 0 Å². The van der Waals surface area contributed by atoms with Crippen LogP contribution in [-0.2, 0) is 0 Å². The van der Waals surface area contributed by atoms with E-state index in [0.717, 1.165) is 0 Å². The third kappa shape index (κ3) is 3.56. The van der Waals surface area contributed by atoms with Gasteiger partial charge in [0.25, 0.3) is 6.10 Å². The summed E-state index contributed by atoms with van der Waals surface area (Å²) in [5.41, 5.74) is 0. The van der Waals surface area contributed by atoms with Crippen molar-refractivity contribution in [3.63, 3.8) is 0 Å². The Bertz CT molecular complexity index is 419. The molecule has 1 N–H and O–H groups in total. The summed E-state index contributed by atoms with van der Waals surface area (Å²) in [6, 6.07) is 0.702. The van der Waals surface area contributed by atoms with Crippen LogP contribution in [0.4, 0.5) is 26.3 Å². The Morgan fingerprint density at radius 3 is 2.06 bits per heavy atom. The Kier molecular flexibility index (Phi) is 3.84. The minimum Gasteiger partial charge on any atom is -0.506 e. The maximum atomic E-state index is 12.1. The summed E-state index contributed by atoms with van der Waals surface area (Å²) >= 11 is 5.29. The number of alkyl halides is 6. The molecular weight excluding hydrogens is 292 g/mol. The Labute approximate surface area is 101 Å². The predicted octanol–water partition coefficient (Wildman–Crippen LogP) is 3.31. The fraction of sp³-hybridized carbons (Fsp3) is 0.375. The molecule has 3 nitrogen and oxygen atoms in total. The molecule has 0 aliphatic heterocycles. The molecule has 1 heterocycles. The van der Waals surface area contributed by atoms with Gasteiger partial charge in [-0.3, -0.25) is 0 Å². The first-order valence-corrected chi connectivity index (χ1v) is 4.54. The van der Waals surface area contributed by atoms with Gasteiger partial charge in [-0.2, -0.15) is 26.3 Å². The number of aromatic hydroxyl groups is 1. The SMILES string of the molecule is Oc1cnc(OC(C(F)(F)F)C(F)(F)F)c(Cl)c1. The topological polar surface area (TPSA) is 42.4 Å². The summed E-state index contributed by atoms with van der Waals surface area (Å²) in [4.78, 5) is 3.04. The second-order valence-corrected chi connectivity index (χ2v) is 3.47. The highest BCUT2D eigenvalue weighted by molar-refractivity contribution is 6.31. The molecule has 1 rings (SSSR count). The summed E-state index contributed by atoms with van der Waals surface area (Å²) in [5.74, 6) is -1.60. The number of aromatic nitrogens is 1. The standard InChI is InChI=1S/C8H4ClF6NO2/c9-4-1-3(17)2-16-5(4)18-6(7(10,11)12)8(13,14)15/h1-2,6,17H. The Morgan fingerprint density at radius 1 is 1.17 bits per heavy atom. The van der Waals surface area contributed by atoms with Gasteiger partial charge in [0.1, 0.15) is 10.8 Å². The predicted molar refractivity (Wildman–Crippen MR) is 47.4 cm³/mol. The zero-order valence-corrected chi connectivity index (χ0v) is 8.94. The molecule has 0 bridgehead atoms. The number of halogens is 7. The van der Waals surface area contributed by atoms with E-state index in [9.17, 15) is 26.3 Å². The number of rotatable bonds is 2. The third-order valence-corrected chi connectivity index (χ3v) is 1.89. The lowest BCUT2D eigenvalue weighted by atomic mass is 10.3. The van der Waals surface area contributed by atoms with Crippen molar-refractivity contribution < 1.29 is 36.2 Å². The quantitative estimate of drug-likeness (QED) is 0.851. The lowest BCUT2D eigenvalue weighted by Gasteiger charge is -2.23. The number of nitrogens with zero attached hydrogens (tertiary/aromatic N) is 1. The minimum atomic E-state index is -5.67. The van der Waals surface area contributed by atoms with E-state index >= 15 is 0 Å². The fourth-order valence-electron chi connectivity index (χ4n) is 0.933. The first-order valence-electron chi connectivity index (χ1n) is 4.16. The summed E-state index contributed by atoms with van der Waals surface area (Å²) in [5, 5.41) is 8.17. The molecule has 0 fully saturated rings. The van der Waals surface area contributed by atoms with E-state index in [2.05, 4.69) is 9.72 Å². The molecule has 10 heteroatoms. The lowest BCUT2D eigenvalue weighted by molar-refractivity contribution is -0.300. The zero-order valence-electron chi connectivity index (χ0n) is 8.18. The average Bonchev–Trinajstić information content (AvgIpc) is 2.12. The molecule has 0 aliphatic rings. The fourth-order valence-corrected chi connectivity index (χ4v) is 1.14. The van der Waals surface area contributed by atoms with Gasteiger partial charge in [0.15, 0.2) is 0 Å². The van der Waals surface area contributed by atoms with Gasteiger partial charge in [-0.1, -0.05) is 11.6 Å². The van der Waals surface area contributed by atoms with Crippen LogP contribution in [0, 0.1) is 0 Å². The first-order chi connectivity index (χ1) is 8.01. The lowest BCUT2D eigenvalue weighted by Crippen LogP contribution is -2.46. The zero-order chi connectivity index (χ0) is 14.1. The van der Waals surface area contributed by atoms with Gasteiger partial charge >= 0.3 is 12.4 Å². The first kappa shape index (κ1) is 14.7. The van der Waals surface area contributed by atoms with Crippen LogP contribution in [0.3, 0.4) is 0 Å². The molecule has 18 heavy (non-hydrogen) atoms. The van der Waals surface area contributed by atoms with Crippen molar-refractivity contribution >= 4 is 11.6 Å². The number of hydrogen-bond acceptors (Lipinski definition) is 3. The molecule has 0 spiro atoms. The highest BCUT2D eigenvalue weighted by Crippen LogP contribution is 2.37.